The second kappa shape index (κ2) is 8.33. The number of amides is 1. The van der Waals surface area contributed by atoms with E-state index in [-0.39, 0.29) is 18.3 Å². The number of carbonyl (C=O) groups is 1. The molecule has 1 aromatic carbocycles. The van der Waals surface area contributed by atoms with E-state index in [1.165, 1.54) is 23.0 Å². The highest BCUT2D eigenvalue weighted by atomic mass is 19.1. The zero-order valence-corrected chi connectivity index (χ0v) is 15.5. The molecule has 0 spiro atoms. The molecule has 1 amide bonds. The number of carbonyl (C=O) groups excluding carboxylic acids is 1. The zero-order valence-electron chi connectivity index (χ0n) is 15.5. The lowest BCUT2D eigenvalue weighted by Crippen LogP contribution is -2.42. The van der Waals surface area contributed by atoms with Gasteiger partial charge in [0.05, 0.1) is 0 Å². The first-order chi connectivity index (χ1) is 13.7. The van der Waals surface area contributed by atoms with Crippen LogP contribution in [0.5, 0.6) is 5.88 Å². The number of hydrogen-bond acceptors (Lipinski definition) is 5. The molecular weight excluding hydrogens is 361 g/mol. The predicted molar refractivity (Wildman–Crippen MR) is 100 cm³/mol. The molecule has 3 heterocycles. The molecule has 1 fully saturated rings. The molecule has 7 nitrogen and oxygen atoms in total. The summed E-state index contributed by atoms with van der Waals surface area (Å²) in [5, 5.41) is 11.9. The van der Waals surface area contributed by atoms with Crippen molar-refractivity contribution in [3.63, 3.8) is 0 Å². The van der Waals surface area contributed by atoms with Crippen molar-refractivity contribution in [1.29, 1.82) is 0 Å². The van der Waals surface area contributed by atoms with Gasteiger partial charge in [-0.3, -0.25) is 4.79 Å². The maximum atomic E-state index is 13.0. The first kappa shape index (κ1) is 18.3. The van der Waals surface area contributed by atoms with Gasteiger partial charge in [-0.1, -0.05) is 12.1 Å². The molecule has 4 rings (SSSR count). The minimum atomic E-state index is -0.212. The van der Waals surface area contributed by atoms with Gasteiger partial charge >= 0.3 is 0 Å². The van der Waals surface area contributed by atoms with E-state index in [0.29, 0.717) is 17.4 Å². The normalized spacial score (nSPS) is 17.0. The van der Waals surface area contributed by atoms with Gasteiger partial charge < -0.3 is 9.64 Å². The lowest BCUT2D eigenvalue weighted by atomic mass is 9.91. The van der Waals surface area contributed by atoms with E-state index in [1.54, 1.807) is 12.1 Å². The van der Waals surface area contributed by atoms with Crippen molar-refractivity contribution in [2.45, 2.75) is 25.7 Å². The van der Waals surface area contributed by atoms with Gasteiger partial charge in [-0.15, -0.1) is 15.3 Å². The third-order valence-corrected chi connectivity index (χ3v) is 5.11. The quantitative estimate of drug-likeness (QED) is 0.654. The van der Waals surface area contributed by atoms with Crippen molar-refractivity contribution in [2.75, 3.05) is 19.7 Å². The molecule has 146 valence electrons. The Labute approximate surface area is 162 Å². The Bertz CT molecular complexity index is 943. The third kappa shape index (κ3) is 4.44. The van der Waals surface area contributed by atoms with Crippen molar-refractivity contribution in [1.82, 2.24) is 24.7 Å². The van der Waals surface area contributed by atoms with Crippen LogP contribution in [-0.4, -0.2) is 50.3 Å². The van der Waals surface area contributed by atoms with Crippen LogP contribution in [0.1, 0.15) is 24.8 Å². The molecule has 0 radical (unpaired) electrons. The number of ether oxygens (including phenoxy) is 1. The van der Waals surface area contributed by atoms with Crippen molar-refractivity contribution < 1.29 is 13.9 Å². The summed E-state index contributed by atoms with van der Waals surface area (Å²) < 4.78 is 20.1. The first-order valence-electron chi connectivity index (χ1n) is 9.49. The fourth-order valence-corrected chi connectivity index (χ4v) is 3.56. The van der Waals surface area contributed by atoms with Crippen LogP contribution in [0.2, 0.25) is 0 Å². The van der Waals surface area contributed by atoms with E-state index < -0.39 is 0 Å². The van der Waals surface area contributed by atoms with Crippen LogP contribution in [0, 0.1) is 11.7 Å². The number of aromatic nitrogens is 4. The van der Waals surface area contributed by atoms with Crippen LogP contribution in [0.4, 0.5) is 4.39 Å². The van der Waals surface area contributed by atoms with Crippen LogP contribution in [0.3, 0.4) is 0 Å². The van der Waals surface area contributed by atoms with E-state index in [0.717, 1.165) is 44.3 Å². The highest BCUT2D eigenvalue weighted by Gasteiger charge is 2.24. The summed E-state index contributed by atoms with van der Waals surface area (Å²) >= 11 is 0. The van der Waals surface area contributed by atoms with Crippen LogP contribution in [0.25, 0.3) is 5.65 Å². The topological polar surface area (TPSA) is 72.6 Å². The number of likely N-dealkylation sites (tertiary alicyclic amines) is 1. The summed E-state index contributed by atoms with van der Waals surface area (Å²) in [5.74, 6) is 0.577. The second-order valence-electron chi connectivity index (χ2n) is 7.11. The Hall–Kier alpha value is -3.03. The minimum Gasteiger partial charge on any atom is -0.467 e. The van der Waals surface area contributed by atoms with Gasteiger partial charge in [0.15, 0.2) is 12.3 Å². The van der Waals surface area contributed by atoms with Crippen LogP contribution in [-0.2, 0) is 11.2 Å². The van der Waals surface area contributed by atoms with Crippen molar-refractivity contribution in [3.05, 3.63) is 54.1 Å². The Morgan fingerprint density at radius 3 is 2.93 bits per heavy atom. The Morgan fingerprint density at radius 1 is 1.21 bits per heavy atom. The lowest BCUT2D eigenvalue weighted by Gasteiger charge is -2.32. The number of rotatable bonds is 6. The number of nitrogens with zero attached hydrogens (tertiary/aromatic N) is 5. The number of fused-ring (bicyclic) bond motifs is 1. The summed E-state index contributed by atoms with van der Waals surface area (Å²) in [6.45, 7) is 1.46. The largest absolute Gasteiger partial charge is 0.467 e. The molecule has 2 aromatic heterocycles. The molecule has 0 saturated carbocycles. The molecule has 0 N–H and O–H groups in total. The van der Waals surface area contributed by atoms with E-state index >= 15 is 0 Å². The molecular formula is C20H22FN5O2. The van der Waals surface area contributed by atoms with E-state index in [9.17, 15) is 9.18 Å². The maximum absolute atomic E-state index is 13.0. The summed E-state index contributed by atoms with van der Waals surface area (Å²) in [7, 11) is 0. The van der Waals surface area contributed by atoms with Crippen molar-refractivity contribution >= 4 is 11.6 Å². The number of halogens is 1. The molecule has 0 bridgehead atoms. The summed E-state index contributed by atoms with van der Waals surface area (Å²) in [6, 6.07) is 10.1. The van der Waals surface area contributed by atoms with Crippen LogP contribution >= 0.6 is 0 Å². The van der Waals surface area contributed by atoms with Gasteiger partial charge in [0.25, 0.3) is 5.91 Å². The van der Waals surface area contributed by atoms with Crippen LogP contribution < -0.4 is 4.74 Å². The molecule has 1 aliphatic heterocycles. The number of piperidine rings is 1. The van der Waals surface area contributed by atoms with Crippen molar-refractivity contribution in [2.24, 2.45) is 5.92 Å². The number of hydrogen-bond donors (Lipinski definition) is 0. The SMILES string of the molecule is O=C(COc1ccc2nncn2n1)N1CCCC(CCc2ccc(F)cc2)C1. The third-order valence-electron chi connectivity index (χ3n) is 5.11. The van der Waals surface area contributed by atoms with Gasteiger partial charge in [-0.05, 0) is 55.4 Å². The first-order valence-corrected chi connectivity index (χ1v) is 9.49. The van der Waals surface area contributed by atoms with E-state index in [1.807, 2.05) is 17.0 Å². The zero-order chi connectivity index (χ0) is 19.3. The average Bonchev–Trinajstić information content (AvgIpc) is 3.20. The summed E-state index contributed by atoms with van der Waals surface area (Å²) in [4.78, 5) is 14.4. The van der Waals surface area contributed by atoms with E-state index in [2.05, 4.69) is 15.3 Å². The van der Waals surface area contributed by atoms with Gasteiger partial charge in [-0.25, -0.2) is 4.39 Å². The van der Waals surface area contributed by atoms with E-state index in [4.69, 9.17) is 4.74 Å². The average molecular weight is 383 g/mol. The second-order valence-corrected chi connectivity index (χ2v) is 7.11. The number of aryl methyl sites for hydroxylation is 1. The maximum Gasteiger partial charge on any atom is 0.260 e. The van der Waals surface area contributed by atoms with Gasteiger partial charge in [0, 0.05) is 19.2 Å². The molecule has 8 heteroatoms. The fourth-order valence-electron chi connectivity index (χ4n) is 3.56. The highest BCUT2D eigenvalue weighted by molar-refractivity contribution is 5.77. The van der Waals surface area contributed by atoms with Crippen molar-refractivity contribution in [3.8, 4) is 5.88 Å². The monoisotopic (exact) mass is 383 g/mol. The van der Waals surface area contributed by atoms with Gasteiger partial charge in [0.1, 0.15) is 12.1 Å². The fraction of sp³-hybridized carbons (Fsp3) is 0.400. The van der Waals surface area contributed by atoms with Crippen LogP contribution in [0.15, 0.2) is 42.7 Å². The lowest BCUT2D eigenvalue weighted by molar-refractivity contribution is -0.135. The highest BCUT2D eigenvalue weighted by Crippen LogP contribution is 2.22. The Balaban J connectivity index is 1.27. The Kier molecular flexibility index (Phi) is 5.45. The number of benzene rings is 1. The molecule has 1 aliphatic rings. The Morgan fingerprint density at radius 2 is 2.07 bits per heavy atom. The molecule has 28 heavy (non-hydrogen) atoms. The molecule has 1 atom stereocenters. The smallest absolute Gasteiger partial charge is 0.260 e. The minimum absolute atomic E-state index is 0.0304. The molecule has 3 aromatic rings. The van der Waals surface area contributed by atoms with Gasteiger partial charge in [-0.2, -0.15) is 4.52 Å². The van der Waals surface area contributed by atoms with Gasteiger partial charge in [0.2, 0.25) is 5.88 Å². The predicted octanol–water partition coefficient (Wildman–Crippen LogP) is 2.51. The summed E-state index contributed by atoms with van der Waals surface area (Å²) in [6.07, 6.45) is 5.47. The standard InChI is InChI=1S/C20H22FN5O2/c21-17-7-5-15(6-8-17)3-4-16-2-1-11-25(12-16)20(27)13-28-19-10-9-18-23-22-14-26(18)24-19/h5-10,14,16H,1-4,11-13H2. The molecule has 1 saturated heterocycles. The molecule has 1 unspecified atom stereocenters. The summed E-state index contributed by atoms with van der Waals surface area (Å²) in [5.41, 5.74) is 1.75. The molecule has 0 aliphatic carbocycles.